The standard InChI is InChI=1S/C22H32O3/c1-20-9-10-22(23-11-12-24-22)13-14(20)3-4-15-16-5-6-18-19(25-18)21(16,2)8-7-17(15)20/h13,15-19H,3-12H2,1-2H3/t15?,16?,17?,18?,19?,20-,21-/m1/s1. The topological polar surface area (TPSA) is 31.0 Å². The zero-order valence-corrected chi connectivity index (χ0v) is 15.8. The third-order valence-electron chi connectivity index (χ3n) is 9.33. The van der Waals surface area contributed by atoms with Gasteiger partial charge < -0.3 is 14.2 Å². The van der Waals surface area contributed by atoms with Crippen LogP contribution in [0.1, 0.15) is 65.2 Å². The maximum Gasteiger partial charge on any atom is 0.188 e. The first kappa shape index (κ1) is 15.7. The fraction of sp³-hybridized carbons (Fsp3) is 0.909. The van der Waals surface area contributed by atoms with Crippen LogP contribution < -0.4 is 0 Å². The first-order valence-electron chi connectivity index (χ1n) is 10.7. The van der Waals surface area contributed by atoms with E-state index < -0.39 is 0 Å². The van der Waals surface area contributed by atoms with Crippen molar-refractivity contribution in [2.24, 2.45) is 28.6 Å². The molecule has 5 fully saturated rings. The first-order chi connectivity index (χ1) is 12.0. The maximum absolute atomic E-state index is 6.08. The van der Waals surface area contributed by atoms with E-state index in [2.05, 4.69) is 19.9 Å². The van der Waals surface area contributed by atoms with Gasteiger partial charge in [-0.05, 0) is 79.6 Å². The lowest BCUT2D eigenvalue weighted by Crippen LogP contribution is -2.54. The van der Waals surface area contributed by atoms with Crippen LogP contribution >= 0.6 is 0 Å². The molecule has 138 valence electrons. The number of allylic oxidation sites excluding steroid dienone is 1. The molecule has 7 atom stereocenters. The number of rotatable bonds is 0. The zero-order chi connectivity index (χ0) is 16.9. The molecule has 6 rings (SSSR count). The van der Waals surface area contributed by atoms with Crippen molar-refractivity contribution in [1.29, 1.82) is 0 Å². The molecule has 6 aliphatic rings. The molecule has 0 amide bonds. The minimum atomic E-state index is -0.370. The number of hydrogen-bond donors (Lipinski definition) is 0. The van der Waals surface area contributed by atoms with Crippen molar-refractivity contribution in [3.63, 3.8) is 0 Å². The van der Waals surface area contributed by atoms with Gasteiger partial charge in [-0.1, -0.05) is 19.4 Å². The van der Waals surface area contributed by atoms with Gasteiger partial charge in [0, 0.05) is 6.42 Å². The van der Waals surface area contributed by atoms with E-state index in [0.29, 0.717) is 23.0 Å². The SMILES string of the molecule is C[C@@]12CCC3C(CCC4=CC5(CC[C@]43C)OCCO5)C1CCC1OC12. The molecule has 25 heavy (non-hydrogen) atoms. The zero-order valence-electron chi connectivity index (χ0n) is 15.8. The lowest BCUT2D eigenvalue weighted by atomic mass is 9.45. The van der Waals surface area contributed by atoms with Crippen LogP contribution in [0, 0.1) is 28.6 Å². The Morgan fingerprint density at radius 2 is 1.76 bits per heavy atom. The fourth-order valence-electron chi connectivity index (χ4n) is 7.91. The second-order valence-corrected chi connectivity index (χ2v) is 10.2. The highest BCUT2D eigenvalue weighted by molar-refractivity contribution is 5.28. The average molecular weight is 344 g/mol. The molecule has 0 aromatic rings. The molecule has 2 saturated heterocycles. The van der Waals surface area contributed by atoms with Gasteiger partial charge in [-0.25, -0.2) is 0 Å². The van der Waals surface area contributed by atoms with Gasteiger partial charge in [0.1, 0.15) is 0 Å². The number of hydrogen-bond acceptors (Lipinski definition) is 3. The van der Waals surface area contributed by atoms with Crippen molar-refractivity contribution < 1.29 is 14.2 Å². The van der Waals surface area contributed by atoms with Gasteiger partial charge in [0.05, 0.1) is 25.4 Å². The molecule has 0 bridgehead atoms. The van der Waals surface area contributed by atoms with Crippen molar-refractivity contribution >= 4 is 0 Å². The summed E-state index contributed by atoms with van der Waals surface area (Å²) >= 11 is 0. The molecule has 0 radical (unpaired) electrons. The summed E-state index contributed by atoms with van der Waals surface area (Å²) in [5.41, 5.74) is 2.50. The summed E-state index contributed by atoms with van der Waals surface area (Å²) in [4.78, 5) is 0. The van der Waals surface area contributed by atoms with E-state index in [-0.39, 0.29) is 5.79 Å². The Labute approximate surface area is 151 Å². The maximum atomic E-state index is 6.08. The lowest BCUT2D eigenvalue weighted by Gasteiger charge is -2.60. The summed E-state index contributed by atoms with van der Waals surface area (Å²) in [6.45, 7) is 6.64. The van der Waals surface area contributed by atoms with Crippen LogP contribution in [0.2, 0.25) is 0 Å². The third-order valence-corrected chi connectivity index (χ3v) is 9.33. The number of epoxide rings is 1. The van der Waals surface area contributed by atoms with Gasteiger partial charge >= 0.3 is 0 Å². The molecule has 3 heteroatoms. The molecule has 0 N–H and O–H groups in total. The van der Waals surface area contributed by atoms with Gasteiger partial charge in [0.15, 0.2) is 5.79 Å². The Balaban J connectivity index is 1.33. The van der Waals surface area contributed by atoms with Gasteiger partial charge in [-0.2, -0.15) is 0 Å². The van der Waals surface area contributed by atoms with Gasteiger partial charge in [0.2, 0.25) is 0 Å². The highest BCUT2D eigenvalue weighted by Gasteiger charge is 2.64. The van der Waals surface area contributed by atoms with Gasteiger partial charge in [0.25, 0.3) is 0 Å². The van der Waals surface area contributed by atoms with Crippen LogP contribution in [0.4, 0.5) is 0 Å². The van der Waals surface area contributed by atoms with Crippen molar-refractivity contribution in [2.45, 2.75) is 83.2 Å². The Morgan fingerprint density at radius 3 is 2.60 bits per heavy atom. The van der Waals surface area contributed by atoms with E-state index in [0.717, 1.165) is 37.4 Å². The van der Waals surface area contributed by atoms with Crippen LogP contribution in [0.25, 0.3) is 0 Å². The molecular weight excluding hydrogens is 312 g/mol. The molecule has 3 saturated carbocycles. The van der Waals surface area contributed by atoms with Crippen LogP contribution in [0.3, 0.4) is 0 Å². The highest BCUT2D eigenvalue weighted by atomic mass is 16.7. The number of fused-ring (bicyclic) bond motifs is 7. The van der Waals surface area contributed by atoms with Crippen LogP contribution in [-0.2, 0) is 14.2 Å². The Kier molecular flexibility index (Phi) is 3.07. The summed E-state index contributed by atoms with van der Waals surface area (Å²) in [6, 6.07) is 0. The summed E-state index contributed by atoms with van der Waals surface area (Å²) < 4.78 is 18.1. The quantitative estimate of drug-likeness (QED) is 0.480. The molecule has 3 nitrogen and oxygen atoms in total. The van der Waals surface area contributed by atoms with E-state index in [4.69, 9.17) is 14.2 Å². The highest BCUT2D eigenvalue weighted by Crippen LogP contribution is 2.67. The summed E-state index contributed by atoms with van der Waals surface area (Å²) in [6.07, 6.45) is 14.0. The van der Waals surface area contributed by atoms with Crippen molar-refractivity contribution in [3.8, 4) is 0 Å². The largest absolute Gasteiger partial charge is 0.369 e. The predicted octanol–water partition coefficient (Wildman–Crippen LogP) is 4.46. The average Bonchev–Trinajstić information content (AvgIpc) is 3.29. The molecular formula is C22H32O3. The molecule has 1 spiro atoms. The van der Waals surface area contributed by atoms with E-state index in [9.17, 15) is 0 Å². The molecule has 0 aromatic heterocycles. The Morgan fingerprint density at radius 1 is 0.920 bits per heavy atom. The predicted molar refractivity (Wildman–Crippen MR) is 95.0 cm³/mol. The molecule has 5 unspecified atom stereocenters. The molecule has 0 aromatic carbocycles. The second-order valence-electron chi connectivity index (χ2n) is 10.2. The van der Waals surface area contributed by atoms with Crippen molar-refractivity contribution in [1.82, 2.24) is 0 Å². The number of ether oxygens (including phenoxy) is 3. The van der Waals surface area contributed by atoms with E-state index >= 15 is 0 Å². The van der Waals surface area contributed by atoms with Crippen LogP contribution in [0.15, 0.2) is 11.6 Å². The first-order valence-corrected chi connectivity index (χ1v) is 10.7. The second kappa shape index (κ2) is 4.91. The minimum Gasteiger partial charge on any atom is -0.369 e. The Hall–Kier alpha value is -0.380. The molecule has 2 heterocycles. The van der Waals surface area contributed by atoms with Crippen molar-refractivity contribution in [2.75, 3.05) is 13.2 Å². The Bertz CT molecular complexity index is 621. The summed E-state index contributed by atoms with van der Waals surface area (Å²) in [7, 11) is 0. The van der Waals surface area contributed by atoms with E-state index in [1.807, 2.05) is 0 Å². The monoisotopic (exact) mass is 344 g/mol. The van der Waals surface area contributed by atoms with Crippen molar-refractivity contribution in [3.05, 3.63) is 11.6 Å². The van der Waals surface area contributed by atoms with Crippen LogP contribution in [0.5, 0.6) is 0 Å². The smallest absolute Gasteiger partial charge is 0.188 e. The van der Waals surface area contributed by atoms with Crippen LogP contribution in [-0.4, -0.2) is 31.2 Å². The third kappa shape index (κ3) is 1.98. The van der Waals surface area contributed by atoms with Gasteiger partial charge in [-0.15, -0.1) is 0 Å². The molecule has 2 aliphatic heterocycles. The normalized spacial score (nSPS) is 55.6. The summed E-state index contributed by atoms with van der Waals surface area (Å²) in [5.74, 6) is 2.29. The minimum absolute atomic E-state index is 0.370. The summed E-state index contributed by atoms with van der Waals surface area (Å²) in [5, 5.41) is 0. The fourth-order valence-corrected chi connectivity index (χ4v) is 7.91. The van der Waals surface area contributed by atoms with E-state index in [1.54, 1.807) is 5.57 Å². The van der Waals surface area contributed by atoms with Gasteiger partial charge in [-0.3, -0.25) is 0 Å². The molecule has 4 aliphatic carbocycles. The lowest BCUT2D eigenvalue weighted by molar-refractivity contribution is -0.146. The van der Waals surface area contributed by atoms with E-state index in [1.165, 1.54) is 44.9 Å².